The molecule has 2 rings (SSSR count). The van der Waals surface area contributed by atoms with Gasteiger partial charge in [-0.1, -0.05) is 113 Å². The molecule has 0 fully saturated rings. The highest BCUT2D eigenvalue weighted by Crippen LogP contribution is 2.47. The molecule has 0 saturated heterocycles. The number of carbonyl (C=O) groups excluding carboxylic acids is 1. The number of benzene rings is 2. The molecule has 0 aliphatic carbocycles. The van der Waals surface area contributed by atoms with E-state index in [1.165, 1.54) is 11.1 Å². The summed E-state index contributed by atoms with van der Waals surface area (Å²) in [6.07, 6.45) is 19.5. The highest BCUT2D eigenvalue weighted by molar-refractivity contribution is 6.08. The molecule has 0 aliphatic rings. The molecule has 0 bridgehead atoms. The van der Waals surface area contributed by atoms with Gasteiger partial charge in [0, 0.05) is 16.7 Å². The second kappa shape index (κ2) is 22.3. The number of phenolic OH excluding ortho intramolecular Hbond substituents is 1. The van der Waals surface area contributed by atoms with Gasteiger partial charge in [-0.2, -0.15) is 0 Å². The molecule has 3 nitrogen and oxygen atoms in total. The first-order chi connectivity index (χ1) is 23.7. The standard InChI is InChI=1S/C46H74O3/c1-12-22-32(17-6)38-29-37(43(42(30-38)49-11)34(19-8)24-14-3)27-28-41(47)40-31-39(33(18-7)23-13-2)46(48)45(36(21-10)26-16-5)44(40)35(20-9)25-15-4/h27-36,48H,12-26H2,1-11H3/b28-27-. The number of hydrogen-bond donors (Lipinski definition) is 1. The molecule has 3 heteroatoms. The van der Waals surface area contributed by atoms with Crippen LogP contribution in [0.2, 0.25) is 0 Å². The molecule has 0 heterocycles. The molecule has 276 valence electrons. The van der Waals surface area contributed by atoms with Crippen molar-refractivity contribution in [3.63, 3.8) is 0 Å². The first-order valence-corrected chi connectivity index (χ1v) is 20.5. The molecule has 0 aliphatic heterocycles. The van der Waals surface area contributed by atoms with E-state index >= 15 is 0 Å². The van der Waals surface area contributed by atoms with Gasteiger partial charge in [0.2, 0.25) is 0 Å². The summed E-state index contributed by atoms with van der Waals surface area (Å²) in [6, 6.07) is 6.74. The van der Waals surface area contributed by atoms with Crippen LogP contribution in [0.25, 0.3) is 6.08 Å². The molecule has 0 radical (unpaired) electrons. The molecule has 2 aromatic rings. The van der Waals surface area contributed by atoms with Crippen molar-refractivity contribution >= 4 is 11.9 Å². The number of phenols is 1. The van der Waals surface area contributed by atoms with Gasteiger partial charge in [-0.25, -0.2) is 0 Å². The number of carbonyl (C=O) groups is 1. The minimum Gasteiger partial charge on any atom is -0.507 e. The third kappa shape index (κ3) is 10.7. The van der Waals surface area contributed by atoms with Crippen LogP contribution in [0.4, 0.5) is 0 Å². The Morgan fingerprint density at radius 3 is 1.53 bits per heavy atom. The van der Waals surface area contributed by atoms with E-state index in [2.05, 4.69) is 93.5 Å². The normalized spacial score (nSPS) is 14.9. The maximum Gasteiger partial charge on any atom is 0.186 e. The molecule has 0 aromatic heterocycles. The van der Waals surface area contributed by atoms with Crippen LogP contribution in [0.5, 0.6) is 11.5 Å². The minimum atomic E-state index is 0.0595. The predicted octanol–water partition coefficient (Wildman–Crippen LogP) is 14.8. The lowest BCUT2D eigenvalue weighted by Crippen LogP contribution is -2.16. The van der Waals surface area contributed by atoms with E-state index in [1.807, 2.05) is 6.08 Å². The second-order valence-corrected chi connectivity index (χ2v) is 14.6. The lowest BCUT2D eigenvalue weighted by Gasteiger charge is -2.30. The largest absolute Gasteiger partial charge is 0.507 e. The van der Waals surface area contributed by atoms with Crippen molar-refractivity contribution < 1.29 is 14.6 Å². The number of aromatic hydroxyl groups is 1. The van der Waals surface area contributed by atoms with E-state index in [0.717, 1.165) is 130 Å². The highest BCUT2D eigenvalue weighted by Gasteiger charge is 2.31. The Kier molecular flexibility index (Phi) is 19.4. The summed E-state index contributed by atoms with van der Waals surface area (Å²) < 4.78 is 6.13. The molecule has 0 amide bonds. The fourth-order valence-electron chi connectivity index (χ4n) is 8.59. The molecule has 49 heavy (non-hydrogen) atoms. The van der Waals surface area contributed by atoms with Crippen LogP contribution in [0.15, 0.2) is 24.3 Å². The average molecular weight is 675 g/mol. The van der Waals surface area contributed by atoms with Gasteiger partial charge < -0.3 is 9.84 Å². The van der Waals surface area contributed by atoms with E-state index in [-0.39, 0.29) is 23.5 Å². The van der Waals surface area contributed by atoms with Crippen molar-refractivity contribution in [2.45, 2.75) is 195 Å². The van der Waals surface area contributed by atoms with Gasteiger partial charge >= 0.3 is 0 Å². The van der Waals surface area contributed by atoms with Crippen molar-refractivity contribution in [1.29, 1.82) is 0 Å². The fraction of sp³-hybridized carbons (Fsp3) is 0.674. The summed E-state index contributed by atoms with van der Waals surface area (Å²) in [7, 11) is 1.80. The summed E-state index contributed by atoms with van der Waals surface area (Å²) in [5.74, 6) is 3.01. The van der Waals surface area contributed by atoms with Crippen LogP contribution in [0.1, 0.15) is 239 Å². The zero-order chi connectivity index (χ0) is 36.5. The van der Waals surface area contributed by atoms with Crippen LogP contribution in [0, 0.1) is 0 Å². The monoisotopic (exact) mass is 675 g/mol. The molecule has 5 unspecified atom stereocenters. The molecule has 1 N–H and O–H groups in total. The zero-order valence-corrected chi connectivity index (χ0v) is 33.6. The lowest BCUT2D eigenvalue weighted by molar-refractivity contribution is 0.104. The first kappa shape index (κ1) is 42.6. The van der Waals surface area contributed by atoms with Crippen molar-refractivity contribution in [1.82, 2.24) is 0 Å². The van der Waals surface area contributed by atoms with Gasteiger partial charge in [-0.05, 0) is 134 Å². The van der Waals surface area contributed by atoms with Crippen LogP contribution < -0.4 is 4.74 Å². The molecule has 2 aromatic carbocycles. The fourth-order valence-corrected chi connectivity index (χ4v) is 8.59. The van der Waals surface area contributed by atoms with Gasteiger partial charge in [0.15, 0.2) is 5.78 Å². The summed E-state index contributed by atoms with van der Waals surface area (Å²) in [4.78, 5) is 14.8. The smallest absolute Gasteiger partial charge is 0.186 e. The van der Waals surface area contributed by atoms with Gasteiger partial charge in [0.25, 0.3) is 0 Å². The Morgan fingerprint density at radius 1 is 0.612 bits per heavy atom. The summed E-state index contributed by atoms with van der Waals surface area (Å²) >= 11 is 0. The number of ketones is 1. The Morgan fingerprint density at radius 2 is 1.06 bits per heavy atom. The van der Waals surface area contributed by atoms with Gasteiger partial charge in [-0.3, -0.25) is 4.79 Å². The number of rotatable bonds is 24. The van der Waals surface area contributed by atoms with Crippen molar-refractivity contribution in [2.24, 2.45) is 0 Å². The Hall–Kier alpha value is -2.55. The van der Waals surface area contributed by atoms with Crippen LogP contribution >= 0.6 is 0 Å². The van der Waals surface area contributed by atoms with E-state index < -0.39 is 0 Å². The second-order valence-electron chi connectivity index (χ2n) is 14.6. The average Bonchev–Trinajstić information content (AvgIpc) is 3.11. The molecular formula is C46H74O3. The lowest BCUT2D eigenvalue weighted by atomic mass is 9.75. The first-order valence-electron chi connectivity index (χ1n) is 20.5. The van der Waals surface area contributed by atoms with Gasteiger partial charge in [0.05, 0.1) is 7.11 Å². The zero-order valence-electron chi connectivity index (χ0n) is 33.6. The van der Waals surface area contributed by atoms with Crippen molar-refractivity contribution in [3.8, 4) is 11.5 Å². The Labute approximate surface area is 302 Å². The summed E-state index contributed by atoms with van der Waals surface area (Å²) in [5, 5.41) is 12.2. The van der Waals surface area contributed by atoms with E-state index in [0.29, 0.717) is 17.6 Å². The minimum absolute atomic E-state index is 0.0595. The predicted molar refractivity (Wildman–Crippen MR) is 214 cm³/mol. The number of methoxy groups -OCH3 is 1. The highest BCUT2D eigenvalue weighted by atomic mass is 16.5. The summed E-state index contributed by atoms with van der Waals surface area (Å²) in [6.45, 7) is 22.4. The quantitative estimate of drug-likeness (QED) is 0.0890. The van der Waals surface area contributed by atoms with E-state index in [1.54, 1.807) is 7.11 Å². The molecule has 5 atom stereocenters. The molecular weight excluding hydrogens is 601 g/mol. The number of hydrogen-bond acceptors (Lipinski definition) is 3. The topological polar surface area (TPSA) is 46.5 Å². The molecule has 0 saturated carbocycles. The maximum atomic E-state index is 14.8. The van der Waals surface area contributed by atoms with Crippen molar-refractivity contribution in [3.05, 3.63) is 63.2 Å². The van der Waals surface area contributed by atoms with Gasteiger partial charge in [0.1, 0.15) is 11.5 Å². The van der Waals surface area contributed by atoms with Gasteiger partial charge in [-0.15, -0.1) is 0 Å². The van der Waals surface area contributed by atoms with Crippen LogP contribution in [-0.4, -0.2) is 18.0 Å². The SMILES string of the molecule is CCCC(CC)c1cc(/C=C\C(=O)c2cc(C(CC)CCC)c(O)c(C(CC)CCC)c2C(CC)CCC)c(C(CC)CCC)c(OC)c1. The number of allylic oxidation sites excluding steroid dienone is 1. The Bertz CT molecular complexity index is 1300. The van der Waals surface area contributed by atoms with E-state index in [4.69, 9.17) is 4.74 Å². The van der Waals surface area contributed by atoms with Crippen LogP contribution in [-0.2, 0) is 0 Å². The molecule has 0 spiro atoms. The number of ether oxygens (including phenoxy) is 1. The third-order valence-electron chi connectivity index (χ3n) is 11.3. The van der Waals surface area contributed by atoms with E-state index in [9.17, 15) is 9.90 Å². The Balaban J connectivity index is 3.01. The maximum absolute atomic E-state index is 14.8. The summed E-state index contributed by atoms with van der Waals surface area (Å²) in [5.41, 5.74) is 7.63. The van der Waals surface area contributed by atoms with Crippen LogP contribution in [0.3, 0.4) is 0 Å². The van der Waals surface area contributed by atoms with Crippen molar-refractivity contribution in [2.75, 3.05) is 7.11 Å². The third-order valence-corrected chi connectivity index (χ3v) is 11.3.